The maximum absolute atomic E-state index is 5.47. The normalized spacial score (nSPS) is 10.5. The number of aromatic amines is 1. The molecule has 0 saturated carbocycles. The van der Waals surface area contributed by atoms with E-state index >= 15 is 0 Å². The molecule has 2 aromatic rings. The maximum atomic E-state index is 5.47. The van der Waals surface area contributed by atoms with Crippen molar-refractivity contribution in [3.05, 3.63) is 18.2 Å². The summed E-state index contributed by atoms with van der Waals surface area (Å²) < 4.78 is 5.47. The lowest BCUT2D eigenvalue weighted by Crippen LogP contribution is -2.16. The van der Waals surface area contributed by atoms with Crippen molar-refractivity contribution in [1.82, 2.24) is 15.3 Å². The van der Waals surface area contributed by atoms with Crippen LogP contribution in [-0.4, -0.2) is 35.4 Å². The fourth-order valence-corrected chi connectivity index (χ4v) is 2.46. The SMILES string of the molecule is C#CCNCCSc1nc2ccc(OCC)cc2[nH]1. The minimum atomic E-state index is 0.610. The molecule has 0 aliphatic heterocycles. The van der Waals surface area contributed by atoms with Crippen LogP contribution >= 0.6 is 11.8 Å². The molecule has 0 aliphatic rings. The number of aromatic nitrogens is 2. The number of nitrogens with one attached hydrogen (secondary N) is 2. The van der Waals surface area contributed by atoms with Crippen molar-refractivity contribution in [2.75, 3.05) is 25.4 Å². The van der Waals surface area contributed by atoms with E-state index in [4.69, 9.17) is 11.2 Å². The summed E-state index contributed by atoms with van der Waals surface area (Å²) in [5.41, 5.74) is 1.97. The first-order valence-electron chi connectivity index (χ1n) is 6.23. The van der Waals surface area contributed by atoms with Crippen LogP contribution in [0, 0.1) is 12.3 Å². The molecule has 19 heavy (non-hydrogen) atoms. The fourth-order valence-electron chi connectivity index (χ4n) is 1.67. The van der Waals surface area contributed by atoms with Crippen molar-refractivity contribution >= 4 is 22.8 Å². The second kappa shape index (κ2) is 7.07. The summed E-state index contributed by atoms with van der Waals surface area (Å²) in [6, 6.07) is 5.89. The highest BCUT2D eigenvalue weighted by Crippen LogP contribution is 2.22. The Morgan fingerprint density at radius 3 is 3.21 bits per heavy atom. The molecule has 1 aromatic carbocycles. The summed E-state index contributed by atoms with van der Waals surface area (Å²) in [5, 5.41) is 4.07. The molecule has 0 radical (unpaired) electrons. The van der Waals surface area contributed by atoms with Gasteiger partial charge in [-0.1, -0.05) is 17.7 Å². The number of benzene rings is 1. The topological polar surface area (TPSA) is 49.9 Å². The molecule has 4 nitrogen and oxygen atoms in total. The Labute approximate surface area is 117 Å². The van der Waals surface area contributed by atoms with E-state index in [-0.39, 0.29) is 0 Å². The number of rotatable bonds is 7. The van der Waals surface area contributed by atoms with E-state index in [0.29, 0.717) is 13.2 Å². The molecular weight excluding hydrogens is 258 g/mol. The number of ether oxygens (including phenoxy) is 1. The number of hydrogen-bond acceptors (Lipinski definition) is 4. The van der Waals surface area contributed by atoms with Crippen molar-refractivity contribution in [3.8, 4) is 18.1 Å². The number of imidazole rings is 1. The van der Waals surface area contributed by atoms with Gasteiger partial charge in [-0.15, -0.1) is 6.42 Å². The van der Waals surface area contributed by atoms with Crippen LogP contribution in [0.25, 0.3) is 11.0 Å². The summed E-state index contributed by atoms with van der Waals surface area (Å²) >= 11 is 1.68. The van der Waals surface area contributed by atoms with E-state index in [0.717, 1.165) is 34.2 Å². The van der Waals surface area contributed by atoms with Crippen molar-refractivity contribution < 1.29 is 4.74 Å². The van der Waals surface area contributed by atoms with Crippen LogP contribution in [0.1, 0.15) is 6.92 Å². The lowest BCUT2D eigenvalue weighted by molar-refractivity contribution is 0.340. The fraction of sp³-hybridized carbons (Fsp3) is 0.357. The van der Waals surface area contributed by atoms with Crippen molar-refractivity contribution in [1.29, 1.82) is 0 Å². The van der Waals surface area contributed by atoms with Gasteiger partial charge in [-0.25, -0.2) is 4.98 Å². The second-order valence-electron chi connectivity index (χ2n) is 3.88. The molecule has 0 bridgehead atoms. The van der Waals surface area contributed by atoms with Crippen LogP contribution in [0.2, 0.25) is 0 Å². The van der Waals surface area contributed by atoms with Crippen molar-refractivity contribution in [2.45, 2.75) is 12.1 Å². The highest BCUT2D eigenvalue weighted by atomic mass is 32.2. The summed E-state index contributed by atoms with van der Waals surface area (Å²) in [6.45, 7) is 4.12. The lowest BCUT2D eigenvalue weighted by Gasteiger charge is -2.00. The minimum absolute atomic E-state index is 0.610. The quantitative estimate of drug-likeness (QED) is 0.462. The van der Waals surface area contributed by atoms with Crippen LogP contribution in [-0.2, 0) is 0 Å². The van der Waals surface area contributed by atoms with Crippen LogP contribution in [0.4, 0.5) is 0 Å². The second-order valence-corrected chi connectivity index (χ2v) is 4.97. The predicted molar refractivity (Wildman–Crippen MR) is 79.7 cm³/mol. The minimum Gasteiger partial charge on any atom is -0.494 e. The van der Waals surface area contributed by atoms with E-state index in [1.54, 1.807) is 11.8 Å². The van der Waals surface area contributed by atoms with Gasteiger partial charge < -0.3 is 15.0 Å². The molecule has 1 heterocycles. The van der Waals surface area contributed by atoms with E-state index in [1.165, 1.54) is 0 Å². The highest BCUT2D eigenvalue weighted by molar-refractivity contribution is 7.99. The monoisotopic (exact) mass is 275 g/mol. The summed E-state index contributed by atoms with van der Waals surface area (Å²) in [5.74, 6) is 4.35. The Kier molecular flexibility index (Phi) is 5.13. The van der Waals surface area contributed by atoms with Crippen LogP contribution < -0.4 is 10.1 Å². The van der Waals surface area contributed by atoms with Gasteiger partial charge in [0.25, 0.3) is 0 Å². The van der Waals surface area contributed by atoms with E-state index in [2.05, 4.69) is 21.2 Å². The van der Waals surface area contributed by atoms with Gasteiger partial charge in [-0.05, 0) is 19.1 Å². The van der Waals surface area contributed by atoms with Gasteiger partial charge in [0.1, 0.15) is 5.75 Å². The number of hydrogen-bond donors (Lipinski definition) is 2. The zero-order chi connectivity index (χ0) is 13.5. The first kappa shape index (κ1) is 13.8. The molecule has 0 unspecified atom stereocenters. The molecule has 0 saturated heterocycles. The van der Waals surface area contributed by atoms with Crippen molar-refractivity contribution in [2.24, 2.45) is 0 Å². The smallest absolute Gasteiger partial charge is 0.166 e. The number of H-pyrrole nitrogens is 1. The number of fused-ring (bicyclic) bond motifs is 1. The molecule has 2 rings (SSSR count). The van der Waals surface area contributed by atoms with Gasteiger partial charge in [0.15, 0.2) is 5.16 Å². The molecule has 0 spiro atoms. The molecule has 0 atom stereocenters. The summed E-state index contributed by atoms with van der Waals surface area (Å²) in [7, 11) is 0. The van der Waals surface area contributed by atoms with E-state index in [9.17, 15) is 0 Å². The van der Waals surface area contributed by atoms with Gasteiger partial charge >= 0.3 is 0 Å². The molecule has 2 N–H and O–H groups in total. The summed E-state index contributed by atoms with van der Waals surface area (Å²) in [6.07, 6.45) is 5.16. The van der Waals surface area contributed by atoms with Crippen LogP contribution in [0.15, 0.2) is 23.4 Å². The van der Waals surface area contributed by atoms with Gasteiger partial charge in [0, 0.05) is 18.4 Å². The average molecular weight is 275 g/mol. The average Bonchev–Trinajstić information content (AvgIpc) is 2.81. The summed E-state index contributed by atoms with van der Waals surface area (Å²) in [4.78, 5) is 7.80. The van der Waals surface area contributed by atoms with Gasteiger partial charge in [-0.2, -0.15) is 0 Å². The molecular formula is C14H17N3OS. The van der Waals surface area contributed by atoms with Crippen LogP contribution in [0.5, 0.6) is 5.75 Å². The lowest BCUT2D eigenvalue weighted by atomic mass is 10.3. The number of nitrogens with zero attached hydrogens (tertiary/aromatic N) is 1. The number of terminal acetylenes is 1. The molecule has 0 amide bonds. The zero-order valence-electron chi connectivity index (χ0n) is 10.9. The molecule has 0 aliphatic carbocycles. The first-order chi connectivity index (χ1) is 9.33. The van der Waals surface area contributed by atoms with Gasteiger partial charge in [0.2, 0.25) is 0 Å². The Balaban J connectivity index is 1.95. The largest absolute Gasteiger partial charge is 0.494 e. The third-order valence-corrected chi connectivity index (χ3v) is 3.36. The van der Waals surface area contributed by atoms with Crippen molar-refractivity contribution in [3.63, 3.8) is 0 Å². The first-order valence-corrected chi connectivity index (χ1v) is 7.21. The van der Waals surface area contributed by atoms with E-state index < -0.39 is 0 Å². The molecule has 1 aromatic heterocycles. The Morgan fingerprint density at radius 1 is 1.53 bits per heavy atom. The maximum Gasteiger partial charge on any atom is 0.166 e. The molecule has 100 valence electrons. The zero-order valence-corrected chi connectivity index (χ0v) is 11.7. The molecule has 0 fully saturated rings. The van der Waals surface area contributed by atoms with Gasteiger partial charge in [0.05, 0.1) is 24.2 Å². The van der Waals surface area contributed by atoms with Crippen LogP contribution in [0.3, 0.4) is 0 Å². The Hall–Kier alpha value is -1.64. The predicted octanol–water partition coefficient (Wildman–Crippen LogP) is 2.28. The Morgan fingerprint density at radius 2 is 2.42 bits per heavy atom. The Bertz CT molecular complexity index is 574. The van der Waals surface area contributed by atoms with E-state index in [1.807, 2.05) is 25.1 Å². The third-order valence-electron chi connectivity index (χ3n) is 2.49. The van der Waals surface area contributed by atoms with Gasteiger partial charge in [-0.3, -0.25) is 0 Å². The third kappa shape index (κ3) is 3.91. The molecule has 5 heteroatoms. The number of thioether (sulfide) groups is 1. The highest BCUT2D eigenvalue weighted by Gasteiger charge is 2.04. The standard InChI is InChI=1S/C14H17N3OS/c1-3-7-15-8-9-19-14-16-12-6-5-11(18-4-2)10-13(12)17-14/h1,5-6,10,15H,4,7-9H2,2H3,(H,16,17).